The number of carbonyl (C=O) groups excluding carboxylic acids is 2. The van der Waals surface area contributed by atoms with Gasteiger partial charge in [0.1, 0.15) is 0 Å². The summed E-state index contributed by atoms with van der Waals surface area (Å²) in [6.45, 7) is 5.11. The lowest BCUT2D eigenvalue weighted by atomic mass is 9.90. The SMILES string of the molecule is CC(=O)Nc1ccc(NC(=O)NCC2([C@H](O)C(C)C)CC2)c(C(F)(F)F)c1. The lowest BCUT2D eigenvalue weighted by Gasteiger charge is -2.26. The summed E-state index contributed by atoms with van der Waals surface area (Å²) in [4.78, 5) is 23.1. The second-order valence-corrected chi connectivity index (χ2v) is 7.30. The number of benzene rings is 1. The predicted octanol–water partition coefficient (Wildman–Crippen LogP) is 3.58. The summed E-state index contributed by atoms with van der Waals surface area (Å²) in [5.74, 6) is -0.476. The molecule has 0 bridgehead atoms. The minimum Gasteiger partial charge on any atom is -0.392 e. The quantitative estimate of drug-likeness (QED) is 0.601. The molecule has 0 heterocycles. The molecule has 0 radical (unpaired) electrons. The largest absolute Gasteiger partial charge is 0.418 e. The summed E-state index contributed by atoms with van der Waals surface area (Å²) >= 11 is 0. The van der Waals surface area contributed by atoms with Crippen LogP contribution >= 0.6 is 0 Å². The van der Waals surface area contributed by atoms with Crippen molar-refractivity contribution in [3.05, 3.63) is 23.8 Å². The van der Waals surface area contributed by atoms with Crippen molar-refractivity contribution >= 4 is 23.3 Å². The molecule has 0 saturated heterocycles. The number of aliphatic hydroxyl groups is 1. The highest BCUT2D eigenvalue weighted by molar-refractivity contribution is 5.92. The third-order valence-electron chi connectivity index (χ3n) is 4.65. The van der Waals surface area contributed by atoms with Crippen molar-refractivity contribution in [1.29, 1.82) is 0 Å². The molecule has 1 aromatic carbocycles. The number of nitrogens with one attached hydrogen (secondary N) is 3. The van der Waals surface area contributed by atoms with E-state index in [4.69, 9.17) is 0 Å². The van der Waals surface area contributed by atoms with E-state index in [-0.39, 0.29) is 18.2 Å². The third-order valence-corrected chi connectivity index (χ3v) is 4.65. The molecule has 1 aliphatic carbocycles. The van der Waals surface area contributed by atoms with Gasteiger partial charge in [0.05, 0.1) is 17.4 Å². The molecule has 1 aliphatic rings. The summed E-state index contributed by atoms with van der Waals surface area (Å²) in [6, 6.07) is 2.35. The van der Waals surface area contributed by atoms with E-state index >= 15 is 0 Å². The lowest BCUT2D eigenvalue weighted by Crippen LogP contribution is -2.40. The van der Waals surface area contributed by atoms with Gasteiger partial charge in [-0.2, -0.15) is 13.2 Å². The first-order valence-corrected chi connectivity index (χ1v) is 8.66. The van der Waals surface area contributed by atoms with E-state index in [0.717, 1.165) is 25.0 Å². The second-order valence-electron chi connectivity index (χ2n) is 7.30. The van der Waals surface area contributed by atoms with Crippen LogP contribution in [0.1, 0.15) is 39.2 Å². The minimum absolute atomic E-state index is 0.0160. The Morgan fingerprint density at radius 1 is 1.22 bits per heavy atom. The Labute approximate surface area is 155 Å². The van der Waals surface area contributed by atoms with Crippen molar-refractivity contribution in [2.45, 2.75) is 45.9 Å². The van der Waals surface area contributed by atoms with Crippen LogP contribution in [-0.4, -0.2) is 29.7 Å². The number of hydrogen-bond acceptors (Lipinski definition) is 3. The summed E-state index contributed by atoms with van der Waals surface area (Å²) in [6.07, 6.45) is -3.78. The average Bonchev–Trinajstić information content (AvgIpc) is 3.33. The van der Waals surface area contributed by atoms with Crippen LogP contribution in [0.25, 0.3) is 0 Å². The van der Waals surface area contributed by atoms with Gasteiger partial charge in [-0.25, -0.2) is 4.79 Å². The summed E-state index contributed by atoms with van der Waals surface area (Å²) in [5, 5.41) is 17.2. The first-order valence-electron chi connectivity index (χ1n) is 8.66. The molecule has 4 N–H and O–H groups in total. The summed E-state index contributed by atoms with van der Waals surface area (Å²) < 4.78 is 39.8. The Morgan fingerprint density at radius 3 is 2.33 bits per heavy atom. The van der Waals surface area contributed by atoms with Gasteiger partial charge in [0.15, 0.2) is 0 Å². The normalized spacial score (nSPS) is 16.6. The lowest BCUT2D eigenvalue weighted by molar-refractivity contribution is -0.137. The number of hydrogen-bond donors (Lipinski definition) is 4. The van der Waals surface area contributed by atoms with E-state index in [1.54, 1.807) is 0 Å². The van der Waals surface area contributed by atoms with Gasteiger partial charge >= 0.3 is 12.2 Å². The molecule has 3 amide bonds. The fourth-order valence-corrected chi connectivity index (χ4v) is 3.04. The summed E-state index contributed by atoms with van der Waals surface area (Å²) in [5.41, 5.74) is -1.90. The zero-order valence-corrected chi connectivity index (χ0v) is 15.4. The maximum absolute atomic E-state index is 13.3. The molecule has 9 heteroatoms. The van der Waals surface area contributed by atoms with Crippen molar-refractivity contribution in [1.82, 2.24) is 5.32 Å². The summed E-state index contributed by atoms with van der Waals surface area (Å²) in [7, 11) is 0. The van der Waals surface area contributed by atoms with E-state index in [0.29, 0.717) is 0 Å². The van der Waals surface area contributed by atoms with Gasteiger partial charge in [-0.3, -0.25) is 4.79 Å². The molecule has 1 fully saturated rings. The maximum Gasteiger partial charge on any atom is 0.418 e. The molecular weight excluding hydrogens is 363 g/mol. The molecule has 6 nitrogen and oxygen atoms in total. The Kier molecular flexibility index (Phi) is 6.04. The fourth-order valence-electron chi connectivity index (χ4n) is 3.04. The molecule has 0 spiro atoms. The van der Waals surface area contributed by atoms with Crippen LogP contribution in [0.15, 0.2) is 18.2 Å². The van der Waals surface area contributed by atoms with Crippen LogP contribution in [0, 0.1) is 11.3 Å². The van der Waals surface area contributed by atoms with Gasteiger partial charge in [-0.1, -0.05) is 13.8 Å². The number of aliphatic hydroxyl groups excluding tert-OH is 1. The van der Waals surface area contributed by atoms with E-state index in [1.165, 1.54) is 13.0 Å². The molecule has 150 valence electrons. The molecule has 0 unspecified atom stereocenters. The van der Waals surface area contributed by atoms with E-state index < -0.39 is 40.9 Å². The van der Waals surface area contributed by atoms with Crippen LogP contribution in [-0.2, 0) is 11.0 Å². The van der Waals surface area contributed by atoms with Gasteiger partial charge in [0.25, 0.3) is 0 Å². The van der Waals surface area contributed by atoms with Crippen LogP contribution in [0.3, 0.4) is 0 Å². The number of alkyl halides is 3. The van der Waals surface area contributed by atoms with Gasteiger partial charge in [0, 0.05) is 24.6 Å². The molecule has 0 aromatic heterocycles. The fraction of sp³-hybridized carbons (Fsp3) is 0.556. The standard InChI is InChI=1S/C18H24F3N3O3/c1-10(2)15(26)17(6-7-17)9-22-16(27)24-14-5-4-12(23-11(3)25)8-13(14)18(19,20)21/h4-5,8,10,15,26H,6-7,9H2,1-3H3,(H,23,25)(H2,22,24,27)/t15-/m1/s1. The number of urea groups is 1. The zero-order chi connectivity index (χ0) is 20.4. The Morgan fingerprint density at radius 2 is 1.85 bits per heavy atom. The molecular formula is C18H24F3N3O3. The first kappa shape index (κ1) is 21.0. The highest BCUT2D eigenvalue weighted by Gasteiger charge is 2.49. The van der Waals surface area contributed by atoms with E-state index in [9.17, 15) is 27.9 Å². The number of amides is 3. The first-order chi connectivity index (χ1) is 12.4. The third kappa shape index (κ3) is 5.35. The smallest absolute Gasteiger partial charge is 0.392 e. The molecule has 0 aliphatic heterocycles. The number of anilines is 2. The molecule has 1 atom stereocenters. The monoisotopic (exact) mass is 387 g/mol. The van der Waals surface area contributed by atoms with Gasteiger partial charge < -0.3 is 21.1 Å². The van der Waals surface area contributed by atoms with Crippen molar-refractivity contribution in [2.75, 3.05) is 17.2 Å². The molecule has 27 heavy (non-hydrogen) atoms. The zero-order valence-electron chi connectivity index (χ0n) is 15.4. The average molecular weight is 387 g/mol. The highest BCUT2D eigenvalue weighted by atomic mass is 19.4. The van der Waals surface area contributed by atoms with Gasteiger partial charge in [-0.05, 0) is 37.0 Å². The van der Waals surface area contributed by atoms with Crippen LogP contribution in [0.4, 0.5) is 29.3 Å². The second kappa shape index (κ2) is 7.75. The van der Waals surface area contributed by atoms with Crippen molar-refractivity contribution < 1.29 is 27.9 Å². The van der Waals surface area contributed by atoms with Crippen LogP contribution in [0.2, 0.25) is 0 Å². The van der Waals surface area contributed by atoms with E-state index in [1.807, 2.05) is 13.8 Å². The van der Waals surface area contributed by atoms with Crippen molar-refractivity contribution in [3.63, 3.8) is 0 Å². The molecule has 1 aromatic rings. The van der Waals surface area contributed by atoms with Crippen molar-refractivity contribution in [2.24, 2.45) is 11.3 Å². The van der Waals surface area contributed by atoms with Crippen molar-refractivity contribution in [3.8, 4) is 0 Å². The Hall–Kier alpha value is -2.29. The molecule has 2 rings (SSSR count). The van der Waals surface area contributed by atoms with Gasteiger partial charge in [0.2, 0.25) is 5.91 Å². The minimum atomic E-state index is -4.71. The van der Waals surface area contributed by atoms with E-state index in [2.05, 4.69) is 16.0 Å². The van der Waals surface area contributed by atoms with Crippen LogP contribution < -0.4 is 16.0 Å². The number of halogens is 3. The van der Waals surface area contributed by atoms with Crippen LogP contribution in [0.5, 0.6) is 0 Å². The maximum atomic E-state index is 13.3. The topological polar surface area (TPSA) is 90.5 Å². The Bertz CT molecular complexity index is 716. The Balaban J connectivity index is 2.07. The predicted molar refractivity (Wildman–Crippen MR) is 95.3 cm³/mol. The van der Waals surface area contributed by atoms with Gasteiger partial charge in [-0.15, -0.1) is 0 Å². The molecule has 1 saturated carbocycles. The number of carbonyl (C=O) groups is 2. The highest BCUT2D eigenvalue weighted by Crippen LogP contribution is 2.50. The number of rotatable bonds is 6.